The molecule has 0 aromatic carbocycles. The van der Waals surface area contributed by atoms with Gasteiger partial charge in [-0.2, -0.15) is 4.98 Å². The van der Waals surface area contributed by atoms with Gasteiger partial charge in [0.1, 0.15) is 11.9 Å². The number of nitrogens with zero attached hydrogens (tertiary/aromatic N) is 3. The Morgan fingerprint density at radius 3 is 2.82 bits per heavy atom. The number of aromatic nitrogens is 4. The van der Waals surface area contributed by atoms with Crippen molar-refractivity contribution in [3.8, 4) is 0 Å². The van der Waals surface area contributed by atoms with Crippen LogP contribution in [0.15, 0.2) is 11.1 Å². The minimum Gasteiger partial charge on any atom is -0.393 e. The molecule has 1 unspecified atom stereocenters. The Balaban J connectivity index is 2.32. The first-order chi connectivity index (χ1) is 10.1. The topological polar surface area (TPSA) is 177 Å². The van der Waals surface area contributed by atoms with Gasteiger partial charge < -0.3 is 29.9 Å². The van der Waals surface area contributed by atoms with Crippen molar-refractivity contribution in [2.75, 3.05) is 18.7 Å². The quantitative estimate of drug-likeness (QED) is 0.398. The molecule has 11 nitrogen and oxygen atoms in total. The second-order valence-electron chi connectivity index (χ2n) is 5.04. The maximum absolute atomic E-state index is 11.7. The van der Waals surface area contributed by atoms with Crippen molar-refractivity contribution in [1.82, 2.24) is 19.5 Å². The summed E-state index contributed by atoms with van der Waals surface area (Å²) >= 11 is 0. The van der Waals surface area contributed by atoms with Gasteiger partial charge in [-0.25, -0.2) is 4.98 Å². The van der Waals surface area contributed by atoms with Gasteiger partial charge in [0.15, 0.2) is 11.2 Å². The van der Waals surface area contributed by atoms with E-state index in [2.05, 4.69) is 15.0 Å². The van der Waals surface area contributed by atoms with E-state index in [1.807, 2.05) is 0 Å². The highest BCUT2D eigenvalue weighted by Gasteiger charge is 2.29. The highest BCUT2D eigenvalue weighted by molar-refractivity contribution is 7.51. The van der Waals surface area contributed by atoms with Crippen LogP contribution >= 0.6 is 7.60 Å². The standard InChI is InChI=1S/C10H16N5O6P/c1-10(3-16,21-5-22(18,19)20)2-15-4-12-6-7(15)13-9(11)14-8(6)17/h4,16H,2-3,5H2,1H3,(H2,18,19,20)(H3,11,13,14,17). The number of aromatic amines is 1. The summed E-state index contributed by atoms with van der Waals surface area (Å²) in [5, 5.41) is 9.44. The van der Waals surface area contributed by atoms with E-state index >= 15 is 0 Å². The van der Waals surface area contributed by atoms with Crippen LogP contribution in [0, 0.1) is 0 Å². The Labute approximate surface area is 123 Å². The predicted molar refractivity (Wildman–Crippen MR) is 76.0 cm³/mol. The monoisotopic (exact) mass is 333 g/mol. The van der Waals surface area contributed by atoms with Crippen molar-refractivity contribution in [2.45, 2.75) is 19.1 Å². The van der Waals surface area contributed by atoms with Crippen molar-refractivity contribution in [2.24, 2.45) is 0 Å². The number of nitrogens with one attached hydrogen (secondary N) is 1. The molecule has 0 radical (unpaired) electrons. The number of aliphatic hydroxyl groups is 1. The fraction of sp³-hybridized carbons (Fsp3) is 0.500. The molecule has 0 aliphatic rings. The van der Waals surface area contributed by atoms with Crippen LogP contribution in [-0.4, -0.2) is 53.0 Å². The molecule has 6 N–H and O–H groups in total. The first-order valence-electron chi connectivity index (χ1n) is 6.13. The van der Waals surface area contributed by atoms with E-state index < -0.39 is 31.7 Å². The van der Waals surface area contributed by atoms with Gasteiger partial charge in [-0.05, 0) is 6.92 Å². The Kier molecular flexibility index (Phi) is 4.36. The molecule has 2 aromatic rings. The smallest absolute Gasteiger partial charge is 0.351 e. The average molecular weight is 333 g/mol. The molecule has 0 spiro atoms. The lowest BCUT2D eigenvalue weighted by Gasteiger charge is -2.28. The van der Waals surface area contributed by atoms with Gasteiger partial charge in [-0.1, -0.05) is 0 Å². The summed E-state index contributed by atoms with van der Waals surface area (Å²) < 4.78 is 17.4. The molecule has 2 aromatic heterocycles. The second-order valence-corrected chi connectivity index (χ2v) is 6.63. The molecule has 2 heterocycles. The summed E-state index contributed by atoms with van der Waals surface area (Å²) in [7, 11) is -4.38. The van der Waals surface area contributed by atoms with Crippen LogP contribution in [0.1, 0.15) is 6.92 Å². The third-order valence-electron chi connectivity index (χ3n) is 2.91. The summed E-state index contributed by atoms with van der Waals surface area (Å²) in [5.74, 6) is -0.0962. The minimum absolute atomic E-state index is 0.0319. The highest BCUT2D eigenvalue weighted by atomic mass is 31.2. The van der Waals surface area contributed by atoms with Crippen LogP contribution in [0.3, 0.4) is 0 Å². The van der Waals surface area contributed by atoms with E-state index in [9.17, 15) is 14.5 Å². The maximum Gasteiger partial charge on any atom is 0.351 e. The maximum atomic E-state index is 11.7. The summed E-state index contributed by atoms with van der Waals surface area (Å²) in [6, 6.07) is 0. The molecular weight excluding hydrogens is 317 g/mol. The molecule has 1 atom stereocenters. The van der Waals surface area contributed by atoms with Gasteiger partial charge in [-0.3, -0.25) is 14.3 Å². The van der Waals surface area contributed by atoms with Gasteiger partial charge in [-0.15, -0.1) is 0 Å². The van der Waals surface area contributed by atoms with Crippen molar-refractivity contribution in [3.63, 3.8) is 0 Å². The summed E-state index contributed by atoms with van der Waals surface area (Å²) in [4.78, 5) is 39.5. The molecule has 122 valence electrons. The zero-order valence-corrected chi connectivity index (χ0v) is 12.5. The minimum atomic E-state index is -4.38. The summed E-state index contributed by atoms with van der Waals surface area (Å²) in [6.07, 6.45) is 0.466. The molecule has 0 fully saturated rings. The van der Waals surface area contributed by atoms with Crippen LogP contribution in [0.5, 0.6) is 0 Å². The lowest BCUT2D eigenvalue weighted by atomic mass is 10.1. The lowest BCUT2D eigenvalue weighted by Crippen LogP contribution is -2.38. The van der Waals surface area contributed by atoms with Gasteiger partial charge in [0.2, 0.25) is 5.95 Å². The largest absolute Gasteiger partial charge is 0.393 e. The van der Waals surface area contributed by atoms with E-state index in [0.717, 1.165) is 0 Å². The van der Waals surface area contributed by atoms with Gasteiger partial charge in [0.05, 0.1) is 19.5 Å². The number of H-pyrrole nitrogens is 1. The molecule has 0 saturated heterocycles. The molecule has 12 heteroatoms. The van der Waals surface area contributed by atoms with E-state index in [1.165, 1.54) is 17.8 Å². The van der Waals surface area contributed by atoms with Crippen molar-refractivity contribution in [1.29, 1.82) is 0 Å². The van der Waals surface area contributed by atoms with Crippen LogP contribution in [0.4, 0.5) is 5.95 Å². The normalized spacial score (nSPS) is 15.1. The number of fused-ring (bicyclic) bond motifs is 1. The Morgan fingerprint density at radius 2 is 2.23 bits per heavy atom. The lowest BCUT2D eigenvalue weighted by molar-refractivity contribution is -0.0622. The third kappa shape index (κ3) is 3.70. The van der Waals surface area contributed by atoms with E-state index in [1.54, 1.807) is 0 Å². The molecule has 0 aliphatic heterocycles. The Hall–Kier alpha value is -1.78. The number of imidazole rings is 1. The van der Waals surface area contributed by atoms with Crippen LogP contribution in [0.25, 0.3) is 11.2 Å². The van der Waals surface area contributed by atoms with Gasteiger partial charge in [0.25, 0.3) is 5.56 Å². The number of hydrogen-bond acceptors (Lipinski definition) is 7. The van der Waals surface area contributed by atoms with Gasteiger partial charge in [0, 0.05) is 0 Å². The van der Waals surface area contributed by atoms with Crippen molar-refractivity contribution in [3.05, 3.63) is 16.7 Å². The molecule has 2 rings (SSSR count). The molecule has 0 aliphatic carbocycles. The molecule has 0 amide bonds. The number of nitrogen functional groups attached to an aromatic ring is 1. The van der Waals surface area contributed by atoms with E-state index in [0.29, 0.717) is 0 Å². The SMILES string of the molecule is CC(CO)(Cn1cnc2c(=O)[nH]c(N)nc21)OCP(=O)(O)O. The van der Waals surface area contributed by atoms with Crippen molar-refractivity contribution < 1.29 is 24.2 Å². The predicted octanol–water partition coefficient (Wildman–Crippen LogP) is -1.40. The first-order valence-corrected chi connectivity index (χ1v) is 7.93. The zero-order chi connectivity index (χ0) is 16.5. The summed E-state index contributed by atoms with van der Waals surface area (Å²) in [6.45, 7) is 0.923. The Morgan fingerprint density at radius 1 is 1.55 bits per heavy atom. The number of anilines is 1. The fourth-order valence-electron chi connectivity index (χ4n) is 1.83. The van der Waals surface area contributed by atoms with E-state index in [-0.39, 0.29) is 23.7 Å². The fourth-order valence-corrected chi connectivity index (χ4v) is 2.31. The van der Waals surface area contributed by atoms with Crippen LogP contribution in [0.2, 0.25) is 0 Å². The number of hydrogen-bond donors (Lipinski definition) is 5. The molecule has 22 heavy (non-hydrogen) atoms. The molecular formula is C10H16N5O6P. The van der Waals surface area contributed by atoms with Crippen molar-refractivity contribution >= 4 is 24.7 Å². The Bertz CT molecular complexity index is 782. The average Bonchev–Trinajstić information content (AvgIpc) is 2.79. The second kappa shape index (κ2) is 5.78. The number of aliphatic hydroxyl groups excluding tert-OH is 1. The van der Waals surface area contributed by atoms with E-state index in [4.69, 9.17) is 20.3 Å². The van der Waals surface area contributed by atoms with Crippen LogP contribution < -0.4 is 11.3 Å². The summed E-state index contributed by atoms with van der Waals surface area (Å²) in [5.41, 5.74) is 3.91. The number of ether oxygens (including phenoxy) is 1. The van der Waals surface area contributed by atoms with Gasteiger partial charge >= 0.3 is 7.60 Å². The van der Waals surface area contributed by atoms with Crippen LogP contribution in [-0.2, 0) is 15.8 Å². The molecule has 0 saturated carbocycles. The molecule has 0 bridgehead atoms. The highest BCUT2D eigenvalue weighted by Crippen LogP contribution is 2.36. The number of rotatable bonds is 6. The third-order valence-corrected chi connectivity index (χ3v) is 3.38. The number of nitrogens with two attached hydrogens (primary N) is 1. The zero-order valence-electron chi connectivity index (χ0n) is 11.6. The first kappa shape index (κ1) is 16.6.